The van der Waals surface area contributed by atoms with Crippen LogP contribution in [0.3, 0.4) is 0 Å². The van der Waals surface area contributed by atoms with Crippen LogP contribution in [0.1, 0.15) is 0 Å². The molecule has 2 aromatic rings. The highest BCUT2D eigenvalue weighted by molar-refractivity contribution is 5.60. The second-order valence-electron chi connectivity index (χ2n) is 3.52. The van der Waals surface area contributed by atoms with Crippen LogP contribution < -0.4 is 16.6 Å². The zero-order chi connectivity index (χ0) is 14.0. The highest BCUT2D eigenvalue weighted by atomic mass is 19.1. The highest BCUT2D eigenvalue weighted by Gasteiger charge is 2.15. The molecule has 0 aliphatic heterocycles. The Morgan fingerprint density at radius 1 is 0.895 bits per heavy atom. The van der Waals surface area contributed by atoms with Gasteiger partial charge in [0.05, 0.1) is 0 Å². The van der Waals surface area contributed by atoms with E-state index in [4.69, 9.17) is 5.84 Å². The van der Waals surface area contributed by atoms with Gasteiger partial charge in [-0.3, -0.25) is 0 Å². The van der Waals surface area contributed by atoms with Crippen molar-refractivity contribution < 1.29 is 17.6 Å². The van der Waals surface area contributed by atoms with Gasteiger partial charge < -0.3 is 10.7 Å². The lowest BCUT2D eigenvalue weighted by Gasteiger charge is -2.10. The smallest absolute Gasteiger partial charge is 0.178 e. The monoisotopic (exact) mass is 272 g/mol. The first kappa shape index (κ1) is 13.1. The molecule has 0 fully saturated rings. The Morgan fingerprint density at radius 2 is 1.47 bits per heavy atom. The molecule has 4 nitrogen and oxygen atoms in total. The van der Waals surface area contributed by atoms with Crippen molar-refractivity contribution in [2.75, 3.05) is 10.7 Å². The number of rotatable bonds is 3. The fourth-order valence-electron chi connectivity index (χ4n) is 1.39. The number of nitrogens with one attached hydrogen (secondary N) is 2. The molecule has 0 spiro atoms. The van der Waals surface area contributed by atoms with Crippen LogP contribution in [-0.2, 0) is 0 Å². The first-order valence-electron chi connectivity index (χ1n) is 5.06. The van der Waals surface area contributed by atoms with Crippen LogP contribution in [0, 0.1) is 23.3 Å². The predicted molar refractivity (Wildman–Crippen MR) is 61.6 cm³/mol. The van der Waals surface area contributed by atoms with E-state index in [1.807, 2.05) is 5.43 Å². The standard InChI is InChI=1S/C11H8F4N4/c12-5-2-1-3-6(13)9(5)17-10-7(14)4-8(15)11(18-10)19-16/h1-4H,16H2,(H2,17,18,19). The fraction of sp³-hybridized carbons (Fsp3) is 0. The number of benzene rings is 1. The summed E-state index contributed by atoms with van der Waals surface area (Å²) in [6, 6.07) is 3.60. The number of hydrazine groups is 1. The summed E-state index contributed by atoms with van der Waals surface area (Å²) in [6.45, 7) is 0. The molecule has 19 heavy (non-hydrogen) atoms. The second-order valence-corrected chi connectivity index (χ2v) is 3.52. The van der Waals surface area contributed by atoms with Crippen LogP contribution in [0.25, 0.3) is 0 Å². The minimum Gasteiger partial charge on any atom is -0.333 e. The molecule has 0 aliphatic carbocycles. The first-order chi connectivity index (χ1) is 9.02. The van der Waals surface area contributed by atoms with E-state index >= 15 is 0 Å². The van der Waals surface area contributed by atoms with Crippen molar-refractivity contribution in [3.05, 3.63) is 47.5 Å². The maximum Gasteiger partial charge on any atom is 0.178 e. The minimum atomic E-state index is -1.11. The Morgan fingerprint density at radius 3 is 2.05 bits per heavy atom. The van der Waals surface area contributed by atoms with Crippen molar-refractivity contribution in [3.63, 3.8) is 0 Å². The fourth-order valence-corrected chi connectivity index (χ4v) is 1.39. The molecular formula is C11H8F4N4. The number of pyridine rings is 1. The van der Waals surface area contributed by atoms with Crippen LogP contribution in [0.5, 0.6) is 0 Å². The summed E-state index contributed by atoms with van der Waals surface area (Å²) in [4.78, 5) is 3.44. The summed E-state index contributed by atoms with van der Waals surface area (Å²) in [5.41, 5.74) is 1.30. The molecule has 0 bridgehead atoms. The number of hydrogen-bond acceptors (Lipinski definition) is 4. The van der Waals surface area contributed by atoms with Gasteiger partial charge in [0.25, 0.3) is 0 Å². The largest absolute Gasteiger partial charge is 0.333 e. The van der Waals surface area contributed by atoms with Gasteiger partial charge in [0.1, 0.15) is 17.3 Å². The first-order valence-corrected chi connectivity index (χ1v) is 5.06. The number of nitrogen functional groups attached to an aromatic ring is 1. The third kappa shape index (κ3) is 2.58. The summed E-state index contributed by atoms with van der Waals surface area (Å²) in [7, 11) is 0. The summed E-state index contributed by atoms with van der Waals surface area (Å²) in [6.07, 6.45) is 0. The average molecular weight is 272 g/mol. The van der Waals surface area contributed by atoms with Gasteiger partial charge in [-0.15, -0.1) is 0 Å². The van der Waals surface area contributed by atoms with E-state index in [0.717, 1.165) is 18.2 Å². The number of aromatic nitrogens is 1. The number of para-hydroxylation sites is 1. The molecule has 0 atom stereocenters. The molecule has 0 saturated heterocycles. The van der Waals surface area contributed by atoms with E-state index in [9.17, 15) is 17.6 Å². The van der Waals surface area contributed by atoms with E-state index in [1.54, 1.807) is 0 Å². The van der Waals surface area contributed by atoms with Gasteiger partial charge >= 0.3 is 0 Å². The third-order valence-electron chi connectivity index (χ3n) is 2.27. The Balaban J connectivity index is 2.44. The van der Waals surface area contributed by atoms with Crippen molar-refractivity contribution in [2.45, 2.75) is 0 Å². The maximum atomic E-state index is 13.4. The van der Waals surface area contributed by atoms with E-state index in [0.29, 0.717) is 6.07 Å². The van der Waals surface area contributed by atoms with Gasteiger partial charge in [-0.1, -0.05) is 6.07 Å². The lowest BCUT2D eigenvalue weighted by Crippen LogP contribution is -2.12. The Bertz CT molecular complexity index is 598. The van der Waals surface area contributed by atoms with E-state index in [-0.39, 0.29) is 0 Å². The molecule has 0 radical (unpaired) electrons. The third-order valence-corrected chi connectivity index (χ3v) is 2.27. The number of nitrogens with two attached hydrogens (primary N) is 1. The van der Waals surface area contributed by atoms with Crippen LogP contribution >= 0.6 is 0 Å². The lowest BCUT2D eigenvalue weighted by atomic mass is 10.3. The molecule has 1 aromatic heterocycles. The van der Waals surface area contributed by atoms with E-state index < -0.39 is 40.6 Å². The predicted octanol–water partition coefficient (Wildman–Crippen LogP) is 2.67. The molecule has 8 heteroatoms. The quantitative estimate of drug-likeness (QED) is 0.456. The molecule has 0 amide bonds. The number of hydrogen-bond donors (Lipinski definition) is 3. The Hall–Kier alpha value is -2.35. The van der Waals surface area contributed by atoms with E-state index in [1.165, 1.54) is 0 Å². The van der Waals surface area contributed by atoms with Crippen molar-refractivity contribution in [2.24, 2.45) is 5.84 Å². The van der Waals surface area contributed by atoms with Crippen LogP contribution in [0.2, 0.25) is 0 Å². The van der Waals surface area contributed by atoms with Crippen molar-refractivity contribution >= 4 is 17.3 Å². The Kier molecular flexibility index (Phi) is 3.52. The molecule has 100 valence electrons. The van der Waals surface area contributed by atoms with Crippen molar-refractivity contribution in [1.29, 1.82) is 0 Å². The molecule has 1 heterocycles. The van der Waals surface area contributed by atoms with Gasteiger partial charge in [0, 0.05) is 6.07 Å². The zero-order valence-corrected chi connectivity index (χ0v) is 9.35. The second kappa shape index (κ2) is 5.11. The van der Waals surface area contributed by atoms with Gasteiger partial charge in [-0.2, -0.15) is 0 Å². The SMILES string of the molecule is NNc1nc(Nc2c(F)cccc2F)c(F)cc1F. The summed E-state index contributed by atoms with van der Waals surface area (Å²) >= 11 is 0. The van der Waals surface area contributed by atoms with Gasteiger partial charge in [-0.25, -0.2) is 28.4 Å². The van der Waals surface area contributed by atoms with Crippen LogP contribution in [0.15, 0.2) is 24.3 Å². The molecule has 0 unspecified atom stereocenters. The minimum absolute atomic E-state index is 0.458. The van der Waals surface area contributed by atoms with Crippen molar-refractivity contribution in [1.82, 2.24) is 4.98 Å². The van der Waals surface area contributed by atoms with Gasteiger partial charge in [-0.05, 0) is 12.1 Å². The molecule has 2 rings (SSSR count). The summed E-state index contributed by atoms with van der Waals surface area (Å²) < 4.78 is 53.3. The molecular weight excluding hydrogens is 264 g/mol. The average Bonchev–Trinajstić information content (AvgIpc) is 2.36. The summed E-state index contributed by atoms with van der Waals surface area (Å²) in [5.74, 6) is -0.0575. The topological polar surface area (TPSA) is 63.0 Å². The molecule has 0 aliphatic rings. The lowest BCUT2D eigenvalue weighted by molar-refractivity contribution is 0.576. The Labute approximate surface area is 105 Å². The maximum absolute atomic E-state index is 13.4. The molecule has 1 aromatic carbocycles. The normalized spacial score (nSPS) is 10.4. The van der Waals surface area contributed by atoms with Crippen LogP contribution in [-0.4, -0.2) is 4.98 Å². The molecule has 0 saturated carbocycles. The van der Waals surface area contributed by atoms with E-state index in [2.05, 4.69) is 10.3 Å². The zero-order valence-electron chi connectivity index (χ0n) is 9.35. The number of halogens is 4. The summed E-state index contributed by atoms with van der Waals surface area (Å²) in [5, 5.41) is 2.11. The van der Waals surface area contributed by atoms with Crippen molar-refractivity contribution in [3.8, 4) is 0 Å². The number of anilines is 3. The van der Waals surface area contributed by atoms with Crippen LogP contribution in [0.4, 0.5) is 34.9 Å². The number of nitrogens with zero attached hydrogens (tertiary/aromatic N) is 1. The molecule has 4 N–H and O–H groups in total. The highest BCUT2D eigenvalue weighted by Crippen LogP contribution is 2.25. The van der Waals surface area contributed by atoms with Gasteiger partial charge in [0.2, 0.25) is 0 Å². The van der Waals surface area contributed by atoms with Gasteiger partial charge in [0.15, 0.2) is 23.3 Å².